The smallest absolute Gasteiger partial charge is 0.137 e. The van der Waals surface area contributed by atoms with Crippen LogP contribution in [0.1, 0.15) is 5.56 Å². The Kier molecular flexibility index (Phi) is 9.70. The van der Waals surface area contributed by atoms with Gasteiger partial charge in [0, 0.05) is 70.6 Å². The van der Waals surface area contributed by atoms with Crippen LogP contribution in [0.25, 0.3) is 78.1 Å². The molecule has 0 spiro atoms. The zero-order valence-corrected chi connectivity index (χ0v) is 30.5. The summed E-state index contributed by atoms with van der Waals surface area (Å²) in [6.07, 6.45) is 11.1. The molecular weight excluding hydrogens is 685 g/mol. The van der Waals surface area contributed by atoms with Crippen LogP contribution in [0.4, 0.5) is 0 Å². The van der Waals surface area contributed by atoms with Gasteiger partial charge in [-0.05, 0) is 99.6 Å². The molecular formula is C51H36N4O. The normalized spacial score (nSPS) is 10.9. The highest BCUT2D eigenvalue weighted by atomic mass is 16.5. The van der Waals surface area contributed by atoms with Crippen molar-refractivity contribution in [3.05, 3.63) is 213 Å². The summed E-state index contributed by atoms with van der Waals surface area (Å²) in [5.74, 6) is 0.762. The van der Waals surface area contributed by atoms with E-state index < -0.39 is 0 Å². The van der Waals surface area contributed by atoms with Crippen molar-refractivity contribution in [3.8, 4) is 83.9 Å². The minimum atomic E-state index is 0.395. The van der Waals surface area contributed by atoms with E-state index in [1.54, 1.807) is 18.6 Å². The summed E-state index contributed by atoms with van der Waals surface area (Å²) in [5.41, 5.74) is 15.2. The van der Waals surface area contributed by atoms with Gasteiger partial charge in [0.2, 0.25) is 0 Å². The van der Waals surface area contributed by atoms with E-state index >= 15 is 0 Å². The fourth-order valence-electron chi connectivity index (χ4n) is 7.03. The van der Waals surface area contributed by atoms with Gasteiger partial charge in [-0.2, -0.15) is 0 Å². The standard InChI is InChI=1S/C51H36N4O/c1-2-11-36(12-3-1)35-56-51-47(41-17-5-14-38(28-41)44-20-9-25-53-33-44)30-46(40-16-4-13-37(27-40)43-19-8-24-52-32-43)31-48(51)50-23-7-22-49(55-50)42-18-6-15-39(29-42)45-21-10-26-54-34-45/h1-34H,35H2. The van der Waals surface area contributed by atoms with Crippen molar-refractivity contribution in [2.75, 3.05) is 0 Å². The zero-order chi connectivity index (χ0) is 37.5. The maximum Gasteiger partial charge on any atom is 0.137 e. The first-order chi connectivity index (χ1) is 27.7. The van der Waals surface area contributed by atoms with Gasteiger partial charge in [-0.25, -0.2) is 4.98 Å². The predicted octanol–water partition coefficient (Wildman–Crippen LogP) is 12.5. The molecule has 4 aromatic heterocycles. The molecule has 0 aliphatic heterocycles. The number of ether oxygens (including phenoxy) is 1. The molecule has 266 valence electrons. The molecule has 4 heterocycles. The highest BCUT2D eigenvalue weighted by Crippen LogP contribution is 2.44. The van der Waals surface area contributed by atoms with Crippen LogP contribution in [-0.4, -0.2) is 19.9 Å². The first kappa shape index (κ1) is 34.3. The number of pyridine rings is 4. The van der Waals surface area contributed by atoms with Gasteiger partial charge in [0.15, 0.2) is 0 Å². The maximum atomic E-state index is 6.95. The highest BCUT2D eigenvalue weighted by Gasteiger charge is 2.20. The van der Waals surface area contributed by atoms with E-state index in [1.807, 2.05) is 55.0 Å². The minimum Gasteiger partial charge on any atom is -0.488 e. The van der Waals surface area contributed by atoms with Crippen molar-refractivity contribution >= 4 is 0 Å². The first-order valence-electron chi connectivity index (χ1n) is 18.6. The fourth-order valence-corrected chi connectivity index (χ4v) is 7.03. The molecule has 0 fully saturated rings. The molecule has 0 aliphatic carbocycles. The Balaban J connectivity index is 1.24. The van der Waals surface area contributed by atoms with Crippen LogP contribution in [-0.2, 0) is 6.61 Å². The fraction of sp³-hybridized carbons (Fsp3) is 0.0196. The molecule has 0 radical (unpaired) electrons. The summed E-state index contributed by atoms with van der Waals surface area (Å²) in [6.45, 7) is 0.395. The van der Waals surface area contributed by atoms with E-state index in [4.69, 9.17) is 9.72 Å². The average molecular weight is 721 g/mol. The van der Waals surface area contributed by atoms with E-state index in [9.17, 15) is 0 Å². The predicted molar refractivity (Wildman–Crippen MR) is 226 cm³/mol. The van der Waals surface area contributed by atoms with Gasteiger partial charge in [0.05, 0.1) is 11.4 Å². The van der Waals surface area contributed by atoms with Gasteiger partial charge in [-0.3, -0.25) is 15.0 Å². The number of rotatable bonds is 10. The van der Waals surface area contributed by atoms with Gasteiger partial charge >= 0.3 is 0 Å². The lowest BCUT2D eigenvalue weighted by Crippen LogP contribution is -2.01. The maximum absolute atomic E-state index is 6.95. The van der Waals surface area contributed by atoms with Gasteiger partial charge in [0.1, 0.15) is 12.4 Å². The Labute approximate surface area is 326 Å². The second-order valence-electron chi connectivity index (χ2n) is 13.6. The summed E-state index contributed by atoms with van der Waals surface area (Å²) >= 11 is 0. The lowest BCUT2D eigenvalue weighted by atomic mass is 9.91. The Hall–Kier alpha value is -7.50. The van der Waals surface area contributed by atoms with E-state index in [-0.39, 0.29) is 0 Å². The minimum absolute atomic E-state index is 0.395. The molecule has 0 saturated heterocycles. The second kappa shape index (κ2) is 15.8. The summed E-state index contributed by atoms with van der Waals surface area (Å²) < 4.78 is 6.95. The van der Waals surface area contributed by atoms with Crippen molar-refractivity contribution in [1.82, 2.24) is 19.9 Å². The Morgan fingerprint density at radius 3 is 1.39 bits per heavy atom. The summed E-state index contributed by atoms with van der Waals surface area (Å²) in [6, 6.07) is 58.8. The molecule has 9 aromatic rings. The van der Waals surface area contributed by atoms with E-state index in [0.717, 1.165) is 89.5 Å². The molecule has 0 aliphatic rings. The van der Waals surface area contributed by atoms with Gasteiger partial charge in [-0.1, -0.05) is 109 Å². The number of hydrogen-bond donors (Lipinski definition) is 0. The molecule has 0 unspecified atom stereocenters. The molecule has 5 nitrogen and oxygen atoms in total. The van der Waals surface area contributed by atoms with Crippen molar-refractivity contribution in [3.63, 3.8) is 0 Å². The highest BCUT2D eigenvalue weighted by molar-refractivity contribution is 5.89. The summed E-state index contributed by atoms with van der Waals surface area (Å²) in [7, 11) is 0. The Morgan fingerprint density at radius 1 is 0.339 bits per heavy atom. The van der Waals surface area contributed by atoms with Crippen molar-refractivity contribution in [1.29, 1.82) is 0 Å². The van der Waals surface area contributed by atoms with Crippen molar-refractivity contribution in [2.45, 2.75) is 6.61 Å². The first-order valence-corrected chi connectivity index (χ1v) is 18.6. The van der Waals surface area contributed by atoms with Crippen molar-refractivity contribution < 1.29 is 4.74 Å². The zero-order valence-electron chi connectivity index (χ0n) is 30.5. The van der Waals surface area contributed by atoms with Gasteiger partial charge in [-0.15, -0.1) is 0 Å². The van der Waals surface area contributed by atoms with Crippen LogP contribution in [0.3, 0.4) is 0 Å². The summed E-state index contributed by atoms with van der Waals surface area (Å²) in [4.78, 5) is 18.5. The van der Waals surface area contributed by atoms with Gasteiger partial charge < -0.3 is 4.74 Å². The Morgan fingerprint density at radius 2 is 0.804 bits per heavy atom. The largest absolute Gasteiger partial charge is 0.488 e. The van der Waals surface area contributed by atoms with Crippen LogP contribution in [0, 0.1) is 0 Å². The quantitative estimate of drug-likeness (QED) is 0.141. The Bertz CT molecular complexity index is 2740. The molecule has 0 atom stereocenters. The molecule has 5 aromatic carbocycles. The molecule has 0 N–H and O–H groups in total. The molecule has 5 heteroatoms. The second-order valence-corrected chi connectivity index (χ2v) is 13.6. The number of hydrogen-bond acceptors (Lipinski definition) is 5. The molecule has 0 saturated carbocycles. The van der Waals surface area contributed by atoms with E-state index in [2.05, 4.69) is 148 Å². The van der Waals surface area contributed by atoms with Crippen molar-refractivity contribution in [2.24, 2.45) is 0 Å². The average Bonchev–Trinajstić information content (AvgIpc) is 3.29. The SMILES string of the molecule is c1ccc(COc2c(-c3cccc(-c4cccnc4)c3)cc(-c3cccc(-c4cccnc4)c3)cc2-c2cccc(-c3cccc(-c4cccnc4)c3)n2)cc1. The van der Waals surface area contributed by atoms with Crippen LogP contribution >= 0.6 is 0 Å². The summed E-state index contributed by atoms with van der Waals surface area (Å²) in [5, 5.41) is 0. The van der Waals surface area contributed by atoms with Crippen LogP contribution in [0.15, 0.2) is 207 Å². The third-order valence-electron chi connectivity index (χ3n) is 9.85. The number of aromatic nitrogens is 4. The van der Waals surface area contributed by atoms with E-state index in [0.29, 0.717) is 6.61 Å². The van der Waals surface area contributed by atoms with Gasteiger partial charge in [0.25, 0.3) is 0 Å². The lowest BCUT2D eigenvalue weighted by molar-refractivity contribution is 0.309. The van der Waals surface area contributed by atoms with Crippen LogP contribution < -0.4 is 4.74 Å². The topological polar surface area (TPSA) is 60.8 Å². The van der Waals surface area contributed by atoms with Crippen LogP contribution in [0.2, 0.25) is 0 Å². The molecule has 56 heavy (non-hydrogen) atoms. The lowest BCUT2D eigenvalue weighted by Gasteiger charge is -2.20. The number of nitrogens with zero attached hydrogens (tertiary/aromatic N) is 4. The number of benzene rings is 5. The third kappa shape index (κ3) is 7.47. The molecule has 9 rings (SSSR count). The molecule has 0 bridgehead atoms. The third-order valence-corrected chi connectivity index (χ3v) is 9.85. The van der Waals surface area contributed by atoms with Crippen LogP contribution in [0.5, 0.6) is 5.75 Å². The molecule has 0 amide bonds. The van der Waals surface area contributed by atoms with E-state index in [1.165, 1.54) is 0 Å². The monoisotopic (exact) mass is 720 g/mol.